The highest BCUT2D eigenvalue weighted by atomic mass is 35.5. The van der Waals surface area contributed by atoms with Crippen LogP contribution in [0, 0.1) is 10.8 Å². The first-order valence-electron chi connectivity index (χ1n) is 3.39. The van der Waals surface area contributed by atoms with Crippen LogP contribution in [0.1, 0.15) is 6.92 Å². The quantitative estimate of drug-likeness (QED) is 0.266. The number of hydrogen-bond donors (Lipinski definition) is 4. The second kappa shape index (κ2) is 10.8. The maximum atomic E-state index is 7.07. The van der Waals surface area contributed by atoms with Gasteiger partial charge in [-0.1, -0.05) is 6.08 Å². The van der Waals surface area contributed by atoms with Crippen LogP contribution in [0.25, 0.3) is 0 Å². The molecule has 0 rings (SSSR count). The fraction of sp³-hybridized carbons (Fsp3) is 0.429. The molecule has 78 valence electrons. The van der Waals surface area contributed by atoms with Crippen LogP contribution in [0.2, 0.25) is 0 Å². The zero-order chi connectivity index (χ0) is 10.1. The predicted octanol–water partition coefficient (Wildman–Crippen LogP) is 0.580. The summed E-state index contributed by atoms with van der Waals surface area (Å²) in [6, 6.07) is 0. The highest BCUT2D eigenvalue weighted by Crippen LogP contribution is 1.70. The van der Waals surface area contributed by atoms with Crippen molar-refractivity contribution in [3.8, 4) is 0 Å². The van der Waals surface area contributed by atoms with E-state index >= 15 is 0 Å². The minimum absolute atomic E-state index is 0. The van der Waals surface area contributed by atoms with Crippen molar-refractivity contribution in [3.05, 3.63) is 12.7 Å². The van der Waals surface area contributed by atoms with Crippen molar-refractivity contribution in [2.75, 3.05) is 14.1 Å². The van der Waals surface area contributed by atoms with Gasteiger partial charge in [0.2, 0.25) is 0 Å². The Hall–Kier alpha value is -1.23. The van der Waals surface area contributed by atoms with Crippen molar-refractivity contribution in [2.45, 2.75) is 6.92 Å². The first-order valence-corrected chi connectivity index (χ1v) is 3.39. The van der Waals surface area contributed by atoms with Gasteiger partial charge in [0.15, 0.2) is 11.9 Å². The Kier molecular flexibility index (Phi) is 14.7. The van der Waals surface area contributed by atoms with Gasteiger partial charge < -0.3 is 10.6 Å². The lowest BCUT2D eigenvalue weighted by Gasteiger charge is -2.13. The molecule has 0 aromatic rings. The first-order chi connectivity index (χ1) is 5.45. The van der Waals surface area contributed by atoms with Gasteiger partial charge in [-0.3, -0.25) is 16.1 Å². The summed E-state index contributed by atoms with van der Waals surface area (Å²) in [6.07, 6.45) is 1.75. The lowest BCUT2D eigenvalue weighted by Crippen LogP contribution is -2.42. The molecule has 6 heteroatoms. The lowest BCUT2D eigenvalue weighted by molar-refractivity contribution is 0.599. The number of nitrogens with zero attached hydrogens (tertiary/aromatic N) is 1. The number of rotatable bonds is 0. The zero-order valence-corrected chi connectivity index (χ0v) is 9.03. The van der Waals surface area contributed by atoms with Crippen molar-refractivity contribution >= 4 is 24.3 Å². The van der Waals surface area contributed by atoms with Crippen molar-refractivity contribution in [1.82, 2.24) is 10.2 Å². The number of allylic oxidation sites excluding steroid dienone is 1. The van der Waals surface area contributed by atoms with E-state index in [0.717, 1.165) is 0 Å². The van der Waals surface area contributed by atoms with Crippen LogP contribution in [0.3, 0.4) is 0 Å². The first kappa shape index (κ1) is 17.8. The van der Waals surface area contributed by atoms with E-state index < -0.39 is 0 Å². The smallest absolute Gasteiger partial charge is 0.197 e. The Morgan fingerprint density at radius 3 is 1.85 bits per heavy atom. The minimum Gasteiger partial charge on any atom is -0.370 e. The van der Waals surface area contributed by atoms with E-state index in [1.54, 1.807) is 20.2 Å². The second-order valence-electron chi connectivity index (χ2n) is 2.19. The Morgan fingerprint density at radius 1 is 1.46 bits per heavy atom. The molecular weight excluding hydrogens is 190 g/mol. The van der Waals surface area contributed by atoms with Crippen LogP contribution in [-0.2, 0) is 0 Å². The molecule has 0 radical (unpaired) electrons. The molecule has 0 aromatic heterocycles. The summed E-state index contributed by atoms with van der Waals surface area (Å²) in [5.74, 6) is -0.101. The van der Waals surface area contributed by atoms with E-state index in [0.29, 0.717) is 0 Å². The van der Waals surface area contributed by atoms with Gasteiger partial charge in [-0.25, -0.2) is 0 Å². The third kappa shape index (κ3) is 18.1. The summed E-state index contributed by atoms with van der Waals surface area (Å²) in [5.41, 5.74) is 4.94. The summed E-state index contributed by atoms with van der Waals surface area (Å²) in [5, 5.41) is 16.1. The highest BCUT2D eigenvalue weighted by Gasteiger charge is 1.96. The summed E-state index contributed by atoms with van der Waals surface area (Å²) in [7, 11) is 3.39. The van der Waals surface area contributed by atoms with E-state index in [-0.39, 0.29) is 24.3 Å². The van der Waals surface area contributed by atoms with Crippen molar-refractivity contribution in [2.24, 2.45) is 5.73 Å². The zero-order valence-electron chi connectivity index (χ0n) is 8.22. The largest absolute Gasteiger partial charge is 0.370 e. The van der Waals surface area contributed by atoms with E-state index in [9.17, 15) is 0 Å². The fourth-order valence-corrected chi connectivity index (χ4v) is 0.239. The standard InChI is InChI=1S/C4H11N5.C3H6.ClH/c1-9(2)4(7)8-3(5)6;1-3-2;/h1-2H3,(H5,5,6,7,8);3H,1H2,2H3;1H. The molecule has 5 N–H and O–H groups in total. The van der Waals surface area contributed by atoms with Gasteiger partial charge in [0.05, 0.1) is 0 Å². The molecule has 0 aliphatic heterocycles. The van der Waals surface area contributed by atoms with Gasteiger partial charge in [0.1, 0.15) is 0 Å². The number of nitrogens with one attached hydrogen (secondary N) is 3. The third-order valence-electron chi connectivity index (χ3n) is 0.700. The van der Waals surface area contributed by atoms with Gasteiger partial charge in [-0.15, -0.1) is 19.0 Å². The SMILES string of the molecule is C=CC.CN(C)C(=N)NC(=N)N.Cl. The number of hydrogen-bond acceptors (Lipinski definition) is 2. The molecule has 0 aliphatic rings. The van der Waals surface area contributed by atoms with Crippen LogP contribution in [0.4, 0.5) is 0 Å². The van der Waals surface area contributed by atoms with E-state index in [2.05, 4.69) is 11.9 Å². The molecule has 0 spiro atoms. The molecule has 0 unspecified atom stereocenters. The topological polar surface area (TPSA) is 89.0 Å². The molecule has 0 aliphatic carbocycles. The molecule has 13 heavy (non-hydrogen) atoms. The number of halogens is 1. The summed E-state index contributed by atoms with van der Waals surface area (Å²) >= 11 is 0. The second-order valence-corrected chi connectivity index (χ2v) is 2.19. The molecule has 0 saturated heterocycles. The third-order valence-corrected chi connectivity index (χ3v) is 0.700. The van der Waals surface area contributed by atoms with Crippen molar-refractivity contribution in [3.63, 3.8) is 0 Å². The van der Waals surface area contributed by atoms with Crippen molar-refractivity contribution in [1.29, 1.82) is 10.8 Å². The predicted molar refractivity (Wildman–Crippen MR) is 59.6 cm³/mol. The van der Waals surface area contributed by atoms with Crippen LogP contribution in [0.15, 0.2) is 12.7 Å². The summed E-state index contributed by atoms with van der Waals surface area (Å²) in [4.78, 5) is 1.52. The van der Waals surface area contributed by atoms with Crippen LogP contribution < -0.4 is 11.1 Å². The Balaban J connectivity index is -0.000000220. The molecular formula is C7H18ClN5. The number of guanidine groups is 2. The molecule has 0 atom stereocenters. The lowest BCUT2D eigenvalue weighted by atomic mass is 10.8. The molecule has 0 amide bonds. The molecule has 0 bridgehead atoms. The van der Waals surface area contributed by atoms with Crippen molar-refractivity contribution < 1.29 is 0 Å². The molecule has 0 saturated carbocycles. The average Bonchev–Trinajstić information content (AvgIpc) is 1.87. The number of nitrogens with two attached hydrogens (primary N) is 1. The van der Waals surface area contributed by atoms with Gasteiger partial charge in [0.25, 0.3) is 0 Å². The normalized spacial score (nSPS) is 6.69. The molecule has 5 nitrogen and oxygen atoms in total. The monoisotopic (exact) mass is 207 g/mol. The van der Waals surface area contributed by atoms with Crippen LogP contribution >= 0.6 is 12.4 Å². The molecule has 0 fully saturated rings. The minimum atomic E-state index is -0.214. The maximum Gasteiger partial charge on any atom is 0.197 e. The van der Waals surface area contributed by atoms with E-state index in [1.165, 1.54) is 4.90 Å². The Morgan fingerprint density at radius 2 is 1.77 bits per heavy atom. The van der Waals surface area contributed by atoms with Gasteiger partial charge in [-0.2, -0.15) is 0 Å². The van der Waals surface area contributed by atoms with E-state index in [1.807, 2.05) is 6.92 Å². The van der Waals surface area contributed by atoms with Gasteiger partial charge in [0, 0.05) is 14.1 Å². The Bertz CT molecular complexity index is 166. The summed E-state index contributed by atoms with van der Waals surface area (Å²) < 4.78 is 0. The summed E-state index contributed by atoms with van der Waals surface area (Å²) in [6.45, 7) is 5.25. The Labute approximate surface area is 85.4 Å². The molecule has 0 heterocycles. The highest BCUT2D eigenvalue weighted by molar-refractivity contribution is 5.94. The maximum absolute atomic E-state index is 7.07. The van der Waals surface area contributed by atoms with Crippen LogP contribution in [0.5, 0.6) is 0 Å². The van der Waals surface area contributed by atoms with Gasteiger partial charge in [-0.05, 0) is 6.92 Å². The fourth-order valence-electron chi connectivity index (χ4n) is 0.239. The molecule has 0 aromatic carbocycles. The van der Waals surface area contributed by atoms with Crippen LogP contribution in [-0.4, -0.2) is 30.9 Å². The van der Waals surface area contributed by atoms with Gasteiger partial charge >= 0.3 is 0 Å². The average molecular weight is 208 g/mol. The van der Waals surface area contributed by atoms with E-state index in [4.69, 9.17) is 16.6 Å².